The zero-order valence-electron chi connectivity index (χ0n) is 11.4. The summed E-state index contributed by atoms with van der Waals surface area (Å²) in [5.74, 6) is 0.218. The molecule has 0 saturated heterocycles. The lowest BCUT2D eigenvalue weighted by molar-refractivity contribution is 0.574. The van der Waals surface area contributed by atoms with Crippen molar-refractivity contribution in [3.05, 3.63) is 17.5 Å². The molecule has 0 radical (unpaired) electrons. The van der Waals surface area contributed by atoms with E-state index in [0.717, 1.165) is 25.2 Å². The van der Waals surface area contributed by atoms with E-state index < -0.39 is 9.84 Å². The standard InChI is InChI=1S/C12H23N3O2S/c1-4-6-13-9-12-10-15(14-11(12)2)7-5-8-18(3,16)17/h10,13H,4-9H2,1-3H3. The molecule has 0 aliphatic heterocycles. The summed E-state index contributed by atoms with van der Waals surface area (Å²) in [6.45, 7) is 6.59. The maximum Gasteiger partial charge on any atom is 0.147 e. The van der Waals surface area contributed by atoms with Gasteiger partial charge in [-0.15, -0.1) is 0 Å². The van der Waals surface area contributed by atoms with Crippen LogP contribution < -0.4 is 5.32 Å². The molecular formula is C12H23N3O2S. The fraction of sp³-hybridized carbons (Fsp3) is 0.750. The first-order valence-corrected chi connectivity index (χ1v) is 8.40. The first-order chi connectivity index (χ1) is 8.42. The Morgan fingerprint density at radius 3 is 2.78 bits per heavy atom. The van der Waals surface area contributed by atoms with Gasteiger partial charge in [0, 0.05) is 31.1 Å². The Balaban J connectivity index is 2.45. The second kappa shape index (κ2) is 6.89. The lowest BCUT2D eigenvalue weighted by Crippen LogP contribution is -2.13. The number of rotatable bonds is 8. The van der Waals surface area contributed by atoms with Gasteiger partial charge in [0.25, 0.3) is 0 Å². The van der Waals surface area contributed by atoms with Gasteiger partial charge >= 0.3 is 0 Å². The first-order valence-electron chi connectivity index (χ1n) is 6.33. The molecule has 1 N–H and O–H groups in total. The van der Waals surface area contributed by atoms with E-state index in [-0.39, 0.29) is 5.75 Å². The molecule has 0 amide bonds. The topological polar surface area (TPSA) is 64.0 Å². The molecule has 0 aliphatic rings. The molecule has 104 valence electrons. The second-order valence-electron chi connectivity index (χ2n) is 4.66. The molecule has 0 aromatic carbocycles. The maximum atomic E-state index is 11.0. The second-order valence-corrected chi connectivity index (χ2v) is 6.92. The van der Waals surface area contributed by atoms with Gasteiger partial charge in [-0.3, -0.25) is 4.68 Å². The van der Waals surface area contributed by atoms with E-state index >= 15 is 0 Å². The van der Waals surface area contributed by atoms with E-state index in [0.29, 0.717) is 13.0 Å². The van der Waals surface area contributed by atoms with Crippen molar-refractivity contribution in [2.75, 3.05) is 18.6 Å². The third-order valence-electron chi connectivity index (χ3n) is 2.69. The Hall–Kier alpha value is -0.880. The molecule has 0 unspecified atom stereocenters. The van der Waals surface area contributed by atoms with Crippen LogP contribution in [0.5, 0.6) is 0 Å². The van der Waals surface area contributed by atoms with Crippen LogP contribution in [0.2, 0.25) is 0 Å². The van der Waals surface area contributed by atoms with Crippen molar-refractivity contribution in [3.63, 3.8) is 0 Å². The monoisotopic (exact) mass is 273 g/mol. The van der Waals surface area contributed by atoms with Gasteiger partial charge in [0.15, 0.2) is 0 Å². The fourth-order valence-corrected chi connectivity index (χ4v) is 2.39. The van der Waals surface area contributed by atoms with Crippen molar-refractivity contribution >= 4 is 9.84 Å². The van der Waals surface area contributed by atoms with E-state index in [2.05, 4.69) is 17.3 Å². The lowest BCUT2D eigenvalue weighted by atomic mass is 10.2. The van der Waals surface area contributed by atoms with Gasteiger partial charge in [-0.2, -0.15) is 5.10 Å². The van der Waals surface area contributed by atoms with Crippen LogP contribution in [0, 0.1) is 6.92 Å². The molecule has 5 nitrogen and oxygen atoms in total. The van der Waals surface area contributed by atoms with Gasteiger partial charge < -0.3 is 5.32 Å². The predicted molar refractivity (Wildman–Crippen MR) is 73.3 cm³/mol. The third-order valence-corrected chi connectivity index (χ3v) is 3.72. The Kier molecular flexibility index (Phi) is 5.81. The molecule has 6 heteroatoms. The van der Waals surface area contributed by atoms with E-state index in [1.54, 1.807) is 0 Å². The molecule has 1 rings (SSSR count). The van der Waals surface area contributed by atoms with E-state index in [4.69, 9.17) is 0 Å². The molecule has 1 aromatic rings. The third kappa shape index (κ3) is 5.64. The molecule has 0 aliphatic carbocycles. The first kappa shape index (κ1) is 15.2. The van der Waals surface area contributed by atoms with Crippen LogP contribution in [0.15, 0.2) is 6.20 Å². The highest BCUT2D eigenvalue weighted by Gasteiger charge is 2.06. The minimum absolute atomic E-state index is 0.218. The number of hydrogen-bond donors (Lipinski definition) is 1. The zero-order chi connectivity index (χ0) is 13.6. The van der Waals surface area contributed by atoms with Gasteiger partial charge in [0.05, 0.1) is 11.4 Å². The molecule has 0 spiro atoms. The number of nitrogens with one attached hydrogen (secondary N) is 1. The smallest absolute Gasteiger partial charge is 0.147 e. The van der Waals surface area contributed by atoms with Crippen LogP contribution in [0.4, 0.5) is 0 Å². The summed E-state index contributed by atoms with van der Waals surface area (Å²) in [7, 11) is -2.87. The van der Waals surface area contributed by atoms with Crippen LogP contribution in [0.1, 0.15) is 31.0 Å². The van der Waals surface area contributed by atoms with Crippen molar-refractivity contribution in [1.82, 2.24) is 15.1 Å². The molecule has 1 heterocycles. The largest absolute Gasteiger partial charge is 0.313 e. The van der Waals surface area contributed by atoms with Gasteiger partial charge in [0.2, 0.25) is 0 Å². The fourth-order valence-electron chi connectivity index (χ4n) is 1.74. The SMILES string of the molecule is CCCNCc1cn(CCCS(C)(=O)=O)nc1C. The van der Waals surface area contributed by atoms with Crippen LogP contribution in [0.3, 0.4) is 0 Å². The van der Waals surface area contributed by atoms with Crippen molar-refractivity contribution in [1.29, 1.82) is 0 Å². The molecule has 0 saturated carbocycles. The van der Waals surface area contributed by atoms with E-state index in [1.165, 1.54) is 11.8 Å². The summed E-state index contributed by atoms with van der Waals surface area (Å²) >= 11 is 0. The summed E-state index contributed by atoms with van der Waals surface area (Å²) in [6.07, 6.45) is 4.99. The number of aromatic nitrogens is 2. The Morgan fingerprint density at radius 1 is 1.44 bits per heavy atom. The summed E-state index contributed by atoms with van der Waals surface area (Å²) in [5.41, 5.74) is 2.20. The summed E-state index contributed by atoms with van der Waals surface area (Å²) in [4.78, 5) is 0. The zero-order valence-corrected chi connectivity index (χ0v) is 12.3. The van der Waals surface area contributed by atoms with Crippen molar-refractivity contribution in [2.24, 2.45) is 0 Å². The highest BCUT2D eigenvalue weighted by atomic mass is 32.2. The van der Waals surface area contributed by atoms with Gasteiger partial charge in [-0.05, 0) is 26.3 Å². The Morgan fingerprint density at radius 2 is 2.17 bits per heavy atom. The highest BCUT2D eigenvalue weighted by molar-refractivity contribution is 7.90. The highest BCUT2D eigenvalue weighted by Crippen LogP contribution is 2.06. The van der Waals surface area contributed by atoms with Crippen LogP contribution >= 0.6 is 0 Å². The van der Waals surface area contributed by atoms with Crippen LogP contribution in [-0.4, -0.2) is 36.8 Å². The molecule has 1 aromatic heterocycles. The lowest BCUT2D eigenvalue weighted by Gasteiger charge is -2.01. The number of sulfone groups is 1. The number of aryl methyl sites for hydroxylation is 2. The number of nitrogens with zero attached hydrogens (tertiary/aromatic N) is 2. The normalized spacial score (nSPS) is 11.9. The molecule has 0 atom stereocenters. The van der Waals surface area contributed by atoms with Crippen molar-refractivity contribution in [3.8, 4) is 0 Å². The van der Waals surface area contributed by atoms with Crippen LogP contribution in [-0.2, 0) is 22.9 Å². The Bertz CT molecular complexity index is 466. The van der Waals surface area contributed by atoms with Gasteiger partial charge in [0.1, 0.15) is 9.84 Å². The van der Waals surface area contributed by atoms with Crippen molar-refractivity contribution in [2.45, 2.75) is 39.8 Å². The summed E-state index contributed by atoms with van der Waals surface area (Å²) in [6, 6.07) is 0. The number of hydrogen-bond acceptors (Lipinski definition) is 4. The maximum absolute atomic E-state index is 11.0. The van der Waals surface area contributed by atoms with Gasteiger partial charge in [-0.1, -0.05) is 6.92 Å². The Labute approximate surface area is 109 Å². The molecular weight excluding hydrogens is 250 g/mol. The van der Waals surface area contributed by atoms with E-state index in [9.17, 15) is 8.42 Å². The average molecular weight is 273 g/mol. The molecule has 0 bridgehead atoms. The van der Waals surface area contributed by atoms with E-state index in [1.807, 2.05) is 17.8 Å². The minimum Gasteiger partial charge on any atom is -0.313 e. The summed E-state index contributed by atoms with van der Waals surface area (Å²) in [5, 5.41) is 7.73. The quantitative estimate of drug-likeness (QED) is 0.721. The molecule has 0 fully saturated rings. The van der Waals surface area contributed by atoms with Gasteiger partial charge in [-0.25, -0.2) is 8.42 Å². The van der Waals surface area contributed by atoms with Crippen molar-refractivity contribution < 1.29 is 8.42 Å². The summed E-state index contributed by atoms with van der Waals surface area (Å²) < 4.78 is 23.9. The predicted octanol–water partition coefficient (Wildman–Crippen LogP) is 1.13. The average Bonchev–Trinajstić information content (AvgIpc) is 2.58. The minimum atomic E-state index is -2.87. The van der Waals surface area contributed by atoms with Crippen LogP contribution in [0.25, 0.3) is 0 Å². The molecule has 18 heavy (non-hydrogen) atoms.